The van der Waals surface area contributed by atoms with Gasteiger partial charge in [0.25, 0.3) is 5.91 Å². The van der Waals surface area contributed by atoms with E-state index < -0.39 is 18.2 Å². The summed E-state index contributed by atoms with van der Waals surface area (Å²) in [4.78, 5) is 24.4. The van der Waals surface area contributed by atoms with Gasteiger partial charge < -0.3 is 14.7 Å². The van der Waals surface area contributed by atoms with E-state index in [0.29, 0.717) is 19.4 Å². The molecule has 1 aromatic heterocycles. The molecule has 2 rings (SSSR count). The number of aliphatic carboxylic acids is 1. The van der Waals surface area contributed by atoms with E-state index in [1.807, 2.05) is 13.2 Å². The van der Waals surface area contributed by atoms with Gasteiger partial charge in [0.1, 0.15) is 6.10 Å². The van der Waals surface area contributed by atoms with Gasteiger partial charge in [-0.25, -0.2) is 4.79 Å². The number of aromatic nitrogens is 2. The predicted octanol–water partition coefficient (Wildman–Crippen LogP) is 0.0107. The van der Waals surface area contributed by atoms with E-state index in [2.05, 4.69) is 5.10 Å². The minimum atomic E-state index is -1.01. The maximum Gasteiger partial charge on any atom is 0.332 e. The lowest BCUT2D eigenvalue weighted by Crippen LogP contribution is -2.36. The molecule has 0 aromatic carbocycles. The molecular formula is C12H17N3O4. The third-order valence-electron chi connectivity index (χ3n) is 3.12. The fourth-order valence-electron chi connectivity index (χ4n) is 2.15. The minimum Gasteiger partial charge on any atom is -0.479 e. The van der Waals surface area contributed by atoms with Crippen molar-refractivity contribution in [2.75, 3.05) is 7.05 Å². The van der Waals surface area contributed by atoms with Crippen molar-refractivity contribution in [1.82, 2.24) is 14.7 Å². The van der Waals surface area contributed by atoms with Crippen LogP contribution in [0.2, 0.25) is 0 Å². The minimum absolute atomic E-state index is 0.187. The summed E-state index contributed by atoms with van der Waals surface area (Å²) in [5, 5.41) is 12.9. The molecule has 0 saturated carbocycles. The first-order chi connectivity index (χ1) is 8.97. The highest BCUT2D eigenvalue weighted by Gasteiger charge is 2.36. The van der Waals surface area contributed by atoms with Crippen molar-refractivity contribution in [2.45, 2.75) is 31.6 Å². The van der Waals surface area contributed by atoms with Crippen molar-refractivity contribution >= 4 is 11.9 Å². The Morgan fingerprint density at radius 2 is 2.21 bits per heavy atom. The van der Waals surface area contributed by atoms with Gasteiger partial charge in [-0.1, -0.05) is 0 Å². The Bertz CT molecular complexity index is 485. The van der Waals surface area contributed by atoms with E-state index >= 15 is 0 Å². The quantitative estimate of drug-likeness (QED) is 0.830. The second-order valence-corrected chi connectivity index (χ2v) is 4.75. The van der Waals surface area contributed by atoms with Crippen molar-refractivity contribution in [2.24, 2.45) is 7.05 Å². The van der Waals surface area contributed by atoms with Crippen molar-refractivity contribution in [1.29, 1.82) is 0 Å². The third-order valence-corrected chi connectivity index (χ3v) is 3.12. The highest BCUT2D eigenvalue weighted by Crippen LogP contribution is 2.21. The molecule has 1 fully saturated rings. The highest BCUT2D eigenvalue weighted by molar-refractivity contribution is 5.82. The van der Waals surface area contributed by atoms with Gasteiger partial charge in [0, 0.05) is 32.4 Å². The standard InChI is InChI=1S/C12H17N3O4/c1-14(6-8-5-13-15(2)7-8)11(16)9-3-4-10(19-9)12(17)18/h5,7,9-10H,3-4,6H2,1-2H3,(H,17,18). The smallest absolute Gasteiger partial charge is 0.332 e. The summed E-state index contributed by atoms with van der Waals surface area (Å²) in [6.07, 6.45) is 2.85. The zero-order valence-electron chi connectivity index (χ0n) is 10.9. The van der Waals surface area contributed by atoms with Crippen molar-refractivity contribution in [3.8, 4) is 0 Å². The number of rotatable bonds is 4. The first kappa shape index (κ1) is 13.5. The first-order valence-electron chi connectivity index (χ1n) is 6.08. The maximum atomic E-state index is 12.1. The molecule has 1 N–H and O–H groups in total. The predicted molar refractivity (Wildman–Crippen MR) is 65.2 cm³/mol. The van der Waals surface area contributed by atoms with E-state index in [1.165, 1.54) is 4.90 Å². The number of amides is 1. The van der Waals surface area contributed by atoms with E-state index in [1.54, 1.807) is 17.9 Å². The molecule has 2 unspecified atom stereocenters. The van der Waals surface area contributed by atoms with E-state index in [-0.39, 0.29) is 5.91 Å². The molecule has 1 saturated heterocycles. The second-order valence-electron chi connectivity index (χ2n) is 4.75. The van der Waals surface area contributed by atoms with Crippen molar-refractivity contribution in [3.05, 3.63) is 18.0 Å². The zero-order chi connectivity index (χ0) is 14.0. The molecule has 1 aromatic rings. The Balaban J connectivity index is 1.91. The molecule has 0 bridgehead atoms. The molecule has 104 valence electrons. The van der Waals surface area contributed by atoms with Crippen LogP contribution in [-0.4, -0.2) is 50.9 Å². The maximum absolute atomic E-state index is 12.1. The molecule has 1 aliphatic heterocycles. The number of carbonyl (C=O) groups excluding carboxylic acids is 1. The van der Waals surface area contributed by atoms with Gasteiger partial charge in [-0.2, -0.15) is 5.10 Å². The lowest BCUT2D eigenvalue weighted by molar-refractivity contribution is -0.154. The van der Waals surface area contributed by atoms with Gasteiger partial charge in [0.2, 0.25) is 0 Å². The summed E-state index contributed by atoms with van der Waals surface area (Å²) in [7, 11) is 3.48. The fraction of sp³-hybridized carbons (Fsp3) is 0.583. The fourth-order valence-corrected chi connectivity index (χ4v) is 2.15. The van der Waals surface area contributed by atoms with Crippen LogP contribution in [0.5, 0.6) is 0 Å². The largest absolute Gasteiger partial charge is 0.479 e. The molecule has 1 amide bonds. The molecule has 19 heavy (non-hydrogen) atoms. The van der Waals surface area contributed by atoms with Gasteiger partial charge in [0.05, 0.1) is 6.20 Å². The van der Waals surface area contributed by atoms with Crippen LogP contribution in [-0.2, 0) is 27.9 Å². The van der Waals surface area contributed by atoms with Gasteiger partial charge >= 0.3 is 5.97 Å². The van der Waals surface area contributed by atoms with Crippen LogP contribution in [0, 0.1) is 0 Å². The monoisotopic (exact) mass is 267 g/mol. The average Bonchev–Trinajstić information content (AvgIpc) is 2.97. The number of carboxylic acid groups (broad SMARTS) is 1. The van der Waals surface area contributed by atoms with E-state index in [0.717, 1.165) is 5.56 Å². The summed E-state index contributed by atoms with van der Waals surface area (Å²) in [6.45, 7) is 0.435. The molecule has 7 heteroatoms. The zero-order valence-corrected chi connectivity index (χ0v) is 10.9. The Morgan fingerprint density at radius 1 is 1.53 bits per heavy atom. The number of nitrogens with zero attached hydrogens (tertiary/aromatic N) is 3. The number of hydrogen-bond donors (Lipinski definition) is 1. The molecule has 0 aliphatic carbocycles. The lowest BCUT2D eigenvalue weighted by Gasteiger charge is -2.20. The molecule has 0 radical (unpaired) electrons. The summed E-state index contributed by atoms with van der Waals surface area (Å²) >= 11 is 0. The number of ether oxygens (including phenoxy) is 1. The highest BCUT2D eigenvalue weighted by atomic mass is 16.5. The Hall–Kier alpha value is -1.89. The van der Waals surface area contributed by atoms with Crippen molar-refractivity contribution in [3.63, 3.8) is 0 Å². The normalized spacial score (nSPS) is 22.4. The first-order valence-corrected chi connectivity index (χ1v) is 6.08. The molecule has 2 heterocycles. The van der Waals surface area contributed by atoms with Gasteiger partial charge in [-0.15, -0.1) is 0 Å². The lowest BCUT2D eigenvalue weighted by atomic mass is 10.2. The van der Waals surface area contributed by atoms with Gasteiger partial charge in [-0.3, -0.25) is 9.48 Å². The number of likely N-dealkylation sites (N-methyl/N-ethyl adjacent to an activating group) is 1. The van der Waals surface area contributed by atoms with Crippen LogP contribution in [0.1, 0.15) is 18.4 Å². The number of hydrogen-bond acceptors (Lipinski definition) is 4. The third kappa shape index (κ3) is 3.11. The summed E-state index contributed by atoms with van der Waals surface area (Å²) in [5.74, 6) is -1.20. The van der Waals surface area contributed by atoms with Crippen LogP contribution in [0.25, 0.3) is 0 Å². The van der Waals surface area contributed by atoms with Crippen LogP contribution in [0.4, 0.5) is 0 Å². The second kappa shape index (κ2) is 5.40. The SMILES string of the molecule is CN(Cc1cnn(C)c1)C(=O)C1CCC(C(=O)O)O1. The Kier molecular flexibility index (Phi) is 3.84. The number of carbonyl (C=O) groups is 2. The van der Waals surface area contributed by atoms with Crippen LogP contribution in [0.15, 0.2) is 12.4 Å². The molecule has 1 aliphatic rings. The Morgan fingerprint density at radius 3 is 2.74 bits per heavy atom. The van der Waals surface area contributed by atoms with Crippen molar-refractivity contribution < 1.29 is 19.4 Å². The van der Waals surface area contributed by atoms with Crippen LogP contribution >= 0.6 is 0 Å². The topological polar surface area (TPSA) is 84.7 Å². The Labute approximate surface area is 110 Å². The number of carboxylic acids is 1. The van der Waals surface area contributed by atoms with Gasteiger partial charge in [-0.05, 0) is 12.8 Å². The summed E-state index contributed by atoms with van der Waals surface area (Å²) < 4.78 is 6.90. The summed E-state index contributed by atoms with van der Waals surface area (Å²) in [6, 6.07) is 0. The summed E-state index contributed by atoms with van der Waals surface area (Å²) in [5.41, 5.74) is 0.922. The van der Waals surface area contributed by atoms with Gasteiger partial charge in [0.15, 0.2) is 6.10 Å². The van der Waals surface area contributed by atoms with E-state index in [4.69, 9.17) is 9.84 Å². The van der Waals surface area contributed by atoms with E-state index in [9.17, 15) is 9.59 Å². The molecule has 0 spiro atoms. The van der Waals surface area contributed by atoms with Crippen LogP contribution in [0.3, 0.4) is 0 Å². The molecule has 2 atom stereocenters. The van der Waals surface area contributed by atoms with Crippen LogP contribution < -0.4 is 0 Å². The average molecular weight is 267 g/mol. The number of aryl methyl sites for hydroxylation is 1. The molecule has 7 nitrogen and oxygen atoms in total. The molecular weight excluding hydrogens is 250 g/mol.